The van der Waals surface area contributed by atoms with Crippen molar-refractivity contribution in [2.45, 2.75) is 19.4 Å². The summed E-state index contributed by atoms with van der Waals surface area (Å²) in [4.78, 5) is 34.2. The highest BCUT2D eigenvalue weighted by Gasteiger charge is 2.50. The SMILES string of the molecule is CC(C)C1(c2ccc(C(=O)O)c(F)c2)NC(=O)NC1=O. The van der Waals surface area contributed by atoms with Crippen LogP contribution in [0.4, 0.5) is 9.18 Å². The molecule has 1 fully saturated rings. The second-order valence-corrected chi connectivity index (χ2v) is 4.87. The minimum Gasteiger partial charge on any atom is -0.478 e. The Morgan fingerprint density at radius 2 is 2.00 bits per heavy atom. The molecule has 106 valence electrons. The van der Waals surface area contributed by atoms with E-state index in [0.717, 1.165) is 12.1 Å². The summed E-state index contributed by atoms with van der Waals surface area (Å²) in [5, 5.41) is 13.4. The molecule has 20 heavy (non-hydrogen) atoms. The number of nitrogens with one attached hydrogen (secondary N) is 2. The molecule has 3 N–H and O–H groups in total. The first kappa shape index (κ1) is 14.0. The standard InChI is InChI=1S/C13H13FN2O4/c1-6(2)13(11(19)15-12(20)16-13)7-3-4-8(10(17)18)9(14)5-7/h3-6H,1-2H3,(H,17,18)(H2,15,16,19,20). The van der Waals surface area contributed by atoms with E-state index in [2.05, 4.69) is 10.6 Å². The van der Waals surface area contributed by atoms with Gasteiger partial charge in [0.2, 0.25) is 0 Å². The van der Waals surface area contributed by atoms with Crippen molar-refractivity contribution in [2.75, 3.05) is 0 Å². The third-order valence-electron chi connectivity index (χ3n) is 3.42. The Labute approximate surface area is 114 Å². The van der Waals surface area contributed by atoms with Gasteiger partial charge in [-0.05, 0) is 23.6 Å². The number of urea groups is 1. The molecule has 7 heteroatoms. The van der Waals surface area contributed by atoms with Gasteiger partial charge in [-0.25, -0.2) is 14.0 Å². The highest BCUT2D eigenvalue weighted by molar-refractivity contribution is 6.07. The molecule has 6 nitrogen and oxygen atoms in total. The first-order valence-corrected chi connectivity index (χ1v) is 5.96. The van der Waals surface area contributed by atoms with Gasteiger partial charge in [0.1, 0.15) is 11.4 Å². The van der Waals surface area contributed by atoms with Gasteiger partial charge in [-0.3, -0.25) is 10.1 Å². The van der Waals surface area contributed by atoms with Gasteiger partial charge in [0, 0.05) is 0 Å². The van der Waals surface area contributed by atoms with Crippen molar-refractivity contribution >= 4 is 17.9 Å². The second kappa shape index (κ2) is 4.59. The van der Waals surface area contributed by atoms with Crippen LogP contribution >= 0.6 is 0 Å². The Hall–Kier alpha value is -2.44. The molecule has 3 amide bonds. The molecule has 0 radical (unpaired) electrons. The molecule has 1 heterocycles. The van der Waals surface area contributed by atoms with Gasteiger partial charge in [-0.2, -0.15) is 0 Å². The van der Waals surface area contributed by atoms with Gasteiger partial charge < -0.3 is 10.4 Å². The first-order chi connectivity index (χ1) is 9.29. The molecule has 0 aliphatic carbocycles. The predicted octanol–water partition coefficient (Wildman–Crippen LogP) is 1.21. The lowest BCUT2D eigenvalue weighted by molar-refractivity contribution is -0.125. The molecule has 1 aliphatic heterocycles. The number of carbonyl (C=O) groups excluding carboxylic acids is 2. The lowest BCUT2D eigenvalue weighted by Crippen LogP contribution is -2.48. The summed E-state index contributed by atoms with van der Waals surface area (Å²) in [5.41, 5.74) is -1.68. The number of carboxylic acid groups (broad SMARTS) is 1. The van der Waals surface area contributed by atoms with E-state index < -0.39 is 34.8 Å². The summed E-state index contributed by atoms with van der Waals surface area (Å²) in [5.74, 6) is -3.28. The Morgan fingerprint density at radius 1 is 1.35 bits per heavy atom. The average molecular weight is 280 g/mol. The number of amides is 3. The smallest absolute Gasteiger partial charge is 0.338 e. The fraction of sp³-hybridized carbons (Fsp3) is 0.308. The highest BCUT2D eigenvalue weighted by atomic mass is 19.1. The van der Waals surface area contributed by atoms with E-state index in [1.54, 1.807) is 13.8 Å². The van der Waals surface area contributed by atoms with E-state index in [1.165, 1.54) is 6.07 Å². The molecule has 2 rings (SSSR count). The topological polar surface area (TPSA) is 95.5 Å². The monoisotopic (exact) mass is 280 g/mol. The van der Waals surface area contributed by atoms with Gasteiger partial charge in [0.15, 0.2) is 0 Å². The van der Waals surface area contributed by atoms with Crippen LogP contribution < -0.4 is 10.6 Å². The average Bonchev–Trinajstić information content (AvgIpc) is 2.64. The van der Waals surface area contributed by atoms with E-state index >= 15 is 0 Å². The fourth-order valence-electron chi connectivity index (χ4n) is 2.35. The summed E-state index contributed by atoms with van der Waals surface area (Å²) in [6.45, 7) is 3.41. The molecule has 1 aromatic rings. The van der Waals surface area contributed by atoms with E-state index in [4.69, 9.17) is 5.11 Å². The van der Waals surface area contributed by atoms with Gasteiger partial charge in [-0.15, -0.1) is 0 Å². The van der Waals surface area contributed by atoms with Crippen LogP contribution in [-0.4, -0.2) is 23.0 Å². The molecule has 1 unspecified atom stereocenters. The Kier molecular flexibility index (Phi) is 3.21. The van der Waals surface area contributed by atoms with Gasteiger partial charge >= 0.3 is 12.0 Å². The second-order valence-electron chi connectivity index (χ2n) is 4.87. The van der Waals surface area contributed by atoms with Crippen LogP contribution in [0.2, 0.25) is 0 Å². The zero-order valence-corrected chi connectivity index (χ0v) is 10.9. The molecule has 1 aromatic carbocycles. The number of aromatic carboxylic acids is 1. The summed E-state index contributed by atoms with van der Waals surface area (Å²) in [6, 6.07) is 2.72. The quantitative estimate of drug-likeness (QED) is 0.725. The van der Waals surface area contributed by atoms with Crippen molar-refractivity contribution < 1.29 is 23.9 Å². The van der Waals surface area contributed by atoms with Crippen LogP contribution in [0.5, 0.6) is 0 Å². The van der Waals surface area contributed by atoms with Gasteiger partial charge in [0.25, 0.3) is 5.91 Å². The Morgan fingerprint density at radius 3 is 2.40 bits per heavy atom. The number of carbonyl (C=O) groups is 3. The summed E-state index contributed by atoms with van der Waals surface area (Å²) >= 11 is 0. The van der Waals surface area contributed by atoms with E-state index in [1.807, 2.05) is 0 Å². The van der Waals surface area contributed by atoms with E-state index in [-0.39, 0.29) is 11.5 Å². The van der Waals surface area contributed by atoms with Crippen LogP contribution in [0.3, 0.4) is 0 Å². The van der Waals surface area contributed by atoms with Crippen molar-refractivity contribution in [3.8, 4) is 0 Å². The Bertz CT molecular complexity index is 614. The molecule has 1 atom stereocenters. The number of halogens is 1. The van der Waals surface area contributed by atoms with E-state index in [9.17, 15) is 18.8 Å². The fourth-order valence-corrected chi connectivity index (χ4v) is 2.35. The minimum absolute atomic E-state index is 0.207. The number of hydrogen-bond donors (Lipinski definition) is 3. The number of benzene rings is 1. The third kappa shape index (κ3) is 1.91. The van der Waals surface area contributed by atoms with E-state index in [0.29, 0.717) is 0 Å². The lowest BCUT2D eigenvalue weighted by Gasteiger charge is -2.30. The molecular weight excluding hydrogens is 267 g/mol. The number of hydrogen-bond acceptors (Lipinski definition) is 3. The van der Waals surface area contributed by atoms with Gasteiger partial charge in [-0.1, -0.05) is 19.9 Å². The zero-order valence-electron chi connectivity index (χ0n) is 10.9. The van der Waals surface area contributed by atoms with Crippen molar-refractivity contribution in [1.82, 2.24) is 10.6 Å². The normalized spacial score (nSPS) is 21.8. The van der Waals surface area contributed by atoms with Crippen LogP contribution in [0.1, 0.15) is 29.8 Å². The number of carboxylic acids is 1. The van der Waals surface area contributed by atoms with Gasteiger partial charge in [0.05, 0.1) is 5.56 Å². The number of rotatable bonds is 3. The minimum atomic E-state index is -1.40. The first-order valence-electron chi connectivity index (χ1n) is 5.96. The summed E-state index contributed by atoms with van der Waals surface area (Å²) in [7, 11) is 0. The molecule has 0 saturated carbocycles. The van der Waals surface area contributed by atoms with Crippen LogP contribution in [0.15, 0.2) is 18.2 Å². The van der Waals surface area contributed by atoms with Crippen LogP contribution in [0.25, 0.3) is 0 Å². The summed E-state index contributed by atoms with van der Waals surface area (Å²) in [6.07, 6.45) is 0. The van der Waals surface area contributed by atoms with Crippen molar-refractivity contribution in [1.29, 1.82) is 0 Å². The molecule has 0 bridgehead atoms. The molecule has 1 saturated heterocycles. The largest absolute Gasteiger partial charge is 0.478 e. The summed E-state index contributed by atoms with van der Waals surface area (Å²) < 4.78 is 13.8. The maximum Gasteiger partial charge on any atom is 0.338 e. The number of imide groups is 1. The molecule has 1 aliphatic rings. The zero-order chi connectivity index (χ0) is 15.1. The predicted molar refractivity (Wildman–Crippen MR) is 66.5 cm³/mol. The molecule has 0 spiro atoms. The maximum atomic E-state index is 13.8. The van der Waals surface area contributed by atoms with Crippen LogP contribution in [-0.2, 0) is 10.3 Å². The van der Waals surface area contributed by atoms with Crippen molar-refractivity contribution in [3.05, 3.63) is 35.1 Å². The van der Waals surface area contributed by atoms with Crippen molar-refractivity contribution in [2.24, 2.45) is 5.92 Å². The highest BCUT2D eigenvalue weighted by Crippen LogP contribution is 2.33. The Balaban J connectivity index is 2.57. The molecular formula is C13H13FN2O4. The van der Waals surface area contributed by atoms with Crippen molar-refractivity contribution in [3.63, 3.8) is 0 Å². The maximum absolute atomic E-state index is 13.8. The third-order valence-corrected chi connectivity index (χ3v) is 3.42. The lowest BCUT2D eigenvalue weighted by atomic mass is 9.79. The van der Waals surface area contributed by atoms with Crippen LogP contribution in [0, 0.1) is 11.7 Å². The molecule has 0 aromatic heterocycles.